The van der Waals surface area contributed by atoms with E-state index >= 15 is 0 Å². The standard InChI is InChI=1S/C8H7Cl2N3O/c9-5-2-1-3-6(10)8(5)7(14)4-12-13-11/h1-3,7,14H,4H2/t7-/m0/s1. The van der Waals surface area contributed by atoms with Gasteiger partial charge in [-0.1, -0.05) is 34.4 Å². The largest absolute Gasteiger partial charge is 0.388 e. The van der Waals surface area contributed by atoms with Gasteiger partial charge in [-0.25, -0.2) is 0 Å². The van der Waals surface area contributed by atoms with Crippen molar-refractivity contribution < 1.29 is 5.11 Å². The molecule has 0 heterocycles. The van der Waals surface area contributed by atoms with Gasteiger partial charge in [0.2, 0.25) is 0 Å². The van der Waals surface area contributed by atoms with Crippen molar-refractivity contribution in [1.82, 2.24) is 0 Å². The van der Waals surface area contributed by atoms with E-state index in [9.17, 15) is 5.11 Å². The van der Waals surface area contributed by atoms with E-state index in [1.165, 1.54) is 0 Å². The van der Waals surface area contributed by atoms with Crippen LogP contribution in [0.1, 0.15) is 11.7 Å². The van der Waals surface area contributed by atoms with Gasteiger partial charge in [-0.3, -0.25) is 0 Å². The smallest absolute Gasteiger partial charge is 0.0875 e. The van der Waals surface area contributed by atoms with Gasteiger partial charge >= 0.3 is 0 Å². The number of halogens is 2. The van der Waals surface area contributed by atoms with Crippen molar-refractivity contribution in [2.45, 2.75) is 6.10 Å². The fraction of sp³-hybridized carbons (Fsp3) is 0.250. The van der Waals surface area contributed by atoms with Gasteiger partial charge in [0.05, 0.1) is 12.6 Å². The maximum atomic E-state index is 9.58. The first-order chi connectivity index (χ1) is 6.66. The molecule has 4 nitrogen and oxygen atoms in total. The highest BCUT2D eigenvalue weighted by Gasteiger charge is 2.13. The Morgan fingerprint density at radius 2 is 2.00 bits per heavy atom. The van der Waals surface area contributed by atoms with E-state index in [-0.39, 0.29) is 6.54 Å². The highest BCUT2D eigenvalue weighted by Crippen LogP contribution is 2.30. The molecule has 1 rings (SSSR count). The summed E-state index contributed by atoms with van der Waals surface area (Å²) in [7, 11) is 0. The van der Waals surface area contributed by atoms with Crippen LogP contribution in [0.4, 0.5) is 0 Å². The number of benzene rings is 1. The molecule has 0 saturated heterocycles. The first-order valence-corrected chi connectivity index (χ1v) is 4.55. The molecule has 0 aliphatic rings. The molecular formula is C8H7Cl2N3O. The van der Waals surface area contributed by atoms with Gasteiger partial charge < -0.3 is 5.11 Å². The lowest BCUT2D eigenvalue weighted by molar-refractivity contribution is 0.187. The quantitative estimate of drug-likeness (QED) is 0.484. The SMILES string of the molecule is [N-]=[N+]=NC[C@H](O)c1c(Cl)cccc1Cl. The molecule has 0 fully saturated rings. The van der Waals surface area contributed by atoms with Crippen molar-refractivity contribution in [1.29, 1.82) is 0 Å². The third kappa shape index (κ3) is 2.53. The van der Waals surface area contributed by atoms with Crippen LogP contribution in [0, 0.1) is 0 Å². The summed E-state index contributed by atoms with van der Waals surface area (Å²) in [5, 5.41) is 13.5. The predicted octanol–water partition coefficient (Wildman–Crippen LogP) is 3.34. The number of hydrogen-bond acceptors (Lipinski definition) is 2. The Labute approximate surface area is 90.7 Å². The summed E-state index contributed by atoms with van der Waals surface area (Å²) >= 11 is 11.6. The minimum atomic E-state index is -0.966. The highest BCUT2D eigenvalue weighted by molar-refractivity contribution is 6.36. The lowest BCUT2D eigenvalue weighted by Crippen LogP contribution is -2.02. The molecule has 0 unspecified atom stereocenters. The first kappa shape index (κ1) is 11.1. The van der Waals surface area contributed by atoms with Crippen molar-refractivity contribution in [3.05, 3.63) is 44.3 Å². The van der Waals surface area contributed by atoms with Crippen molar-refractivity contribution in [3.8, 4) is 0 Å². The molecule has 0 bridgehead atoms. The summed E-state index contributed by atoms with van der Waals surface area (Å²) in [6, 6.07) is 4.90. The molecule has 0 radical (unpaired) electrons. The maximum absolute atomic E-state index is 9.58. The first-order valence-electron chi connectivity index (χ1n) is 3.79. The third-order valence-electron chi connectivity index (χ3n) is 1.65. The summed E-state index contributed by atoms with van der Waals surface area (Å²) in [6.45, 7) is -0.0834. The van der Waals surface area contributed by atoms with E-state index in [0.717, 1.165) is 0 Å². The van der Waals surface area contributed by atoms with E-state index in [1.54, 1.807) is 18.2 Å². The minimum Gasteiger partial charge on any atom is -0.388 e. The number of aliphatic hydroxyl groups excluding tert-OH is 1. The molecule has 0 spiro atoms. The Kier molecular flexibility index (Phi) is 4.04. The van der Waals surface area contributed by atoms with Crippen LogP contribution in [-0.2, 0) is 0 Å². The van der Waals surface area contributed by atoms with Gasteiger partial charge in [-0.05, 0) is 17.7 Å². The summed E-state index contributed by atoms with van der Waals surface area (Å²) in [5.74, 6) is 0. The number of aliphatic hydroxyl groups is 1. The van der Waals surface area contributed by atoms with Crippen molar-refractivity contribution in [2.75, 3.05) is 6.54 Å². The molecule has 0 aliphatic carbocycles. The van der Waals surface area contributed by atoms with Crippen molar-refractivity contribution >= 4 is 23.2 Å². The van der Waals surface area contributed by atoms with Crippen molar-refractivity contribution in [2.24, 2.45) is 5.11 Å². The molecule has 0 amide bonds. The molecule has 14 heavy (non-hydrogen) atoms. The lowest BCUT2D eigenvalue weighted by atomic mass is 10.1. The highest BCUT2D eigenvalue weighted by atomic mass is 35.5. The second-order valence-electron chi connectivity index (χ2n) is 2.56. The van der Waals surface area contributed by atoms with Crippen LogP contribution in [0.25, 0.3) is 10.4 Å². The van der Waals surface area contributed by atoms with Crippen LogP contribution >= 0.6 is 23.2 Å². The molecule has 1 N–H and O–H groups in total. The average Bonchev–Trinajstić information content (AvgIpc) is 2.14. The molecule has 0 aromatic heterocycles. The fourth-order valence-electron chi connectivity index (χ4n) is 1.03. The zero-order chi connectivity index (χ0) is 10.6. The normalized spacial score (nSPS) is 11.9. The molecule has 74 valence electrons. The second-order valence-corrected chi connectivity index (χ2v) is 3.38. The maximum Gasteiger partial charge on any atom is 0.0875 e. The molecule has 6 heteroatoms. The Bertz CT molecular complexity index is 357. The molecule has 1 aromatic rings. The van der Waals surface area contributed by atoms with E-state index in [2.05, 4.69) is 10.0 Å². The third-order valence-corrected chi connectivity index (χ3v) is 2.31. The predicted molar refractivity (Wildman–Crippen MR) is 55.4 cm³/mol. The van der Waals surface area contributed by atoms with Gasteiger partial charge in [-0.15, -0.1) is 0 Å². The summed E-state index contributed by atoms with van der Waals surface area (Å²) in [4.78, 5) is 2.54. The Balaban J connectivity index is 2.99. The zero-order valence-corrected chi connectivity index (χ0v) is 8.57. The van der Waals surface area contributed by atoms with Crippen LogP contribution in [0.15, 0.2) is 23.3 Å². The second kappa shape index (κ2) is 5.08. The number of nitrogens with zero attached hydrogens (tertiary/aromatic N) is 3. The Hall–Kier alpha value is -0.930. The Morgan fingerprint density at radius 1 is 1.43 bits per heavy atom. The van der Waals surface area contributed by atoms with Crippen LogP contribution < -0.4 is 0 Å². The summed E-state index contributed by atoms with van der Waals surface area (Å²) in [6.07, 6.45) is -0.966. The Morgan fingerprint density at radius 3 is 2.50 bits per heavy atom. The van der Waals surface area contributed by atoms with Gasteiger partial charge in [0, 0.05) is 20.5 Å². The molecule has 0 aliphatic heterocycles. The molecular weight excluding hydrogens is 225 g/mol. The monoisotopic (exact) mass is 231 g/mol. The summed E-state index contributed by atoms with van der Waals surface area (Å²) < 4.78 is 0. The fourth-order valence-corrected chi connectivity index (χ4v) is 1.68. The summed E-state index contributed by atoms with van der Waals surface area (Å²) in [5.41, 5.74) is 8.47. The van der Waals surface area contributed by atoms with Crippen LogP contribution in [0.3, 0.4) is 0 Å². The zero-order valence-electron chi connectivity index (χ0n) is 7.06. The topological polar surface area (TPSA) is 69.0 Å². The van der Waals surface area contributed by atoms with Crippen molar-refractivity contribution in [3.63, 3.8) is 0 Å². The average molecular weight is 232 g/mol. The van der Waals surface area contributed by atoms with Gasteiger partial charge in [0.25, 0.3) is 0 Å². The number of azide groups is 1. The lowest BCUT2D eigenvalue weighted by Gasteiger charge is -2.11. The minimum absolute atomic E-state index is 0.0834. The van der Waals surface area contributed by atoms with Crippen LogP contribution in [-0.4, -0.2) is 11.7 Å². The van der Waals surface area contributed by atoms with E-state index in [1.807, 2.05) is 0 Å². The molecule has 1 aromatic carbocycles. The molecule has 0 saturated carbocycles. The molecule has 1 atom stereocenters. The van der Waals surface area contributed by atoms with E-state index in [0.29, 0.717) is 15.6 Å². The van der Waals surface area contributed by atoms with Gasteiger partial charge in [0.1, 0.15) is 0 Å². The number of hydrogen-bond donors (Lipinski definition) is 1. The van der Waals surface area contributed by atoms with Gasteiger partial charge in [-0.2, -0.15) is 0 Å². The van der Waals surface area contributed by atoms with Gasteiger partial charge in [0.15, 0.2) is 0 Å². The van der Waals surface area contributed by atoms with Crippen LogP contribution in [0.2, 0.25) is 10.0 Å². The number of rotatable bonds is 3. The van der Waals surface area contributed by atoms with E-state index in [4.69, 9.17) is 28.7 Å². The van der Waals surface area contributed by atoms with E-state index < -0.39 is 6.10 Å². The van der Waals surface area contributed by atoms with Crippen LogP contribution in [0.5, 0.6) is 0 Å².